The third kappa shape index (κ3) is 4.42. The number of amides is 2. The average Bonchev–Trinajstić information content (AvgIpc) is 2.54. The zero-order valence-electron chi connectivity index (χ0n) is 11.7. The van der Waals surface area contributed by atoms with E-state index in [0.29, 0.717) is 12.1 Å². The summed E-state index contributed by atoms with van der Waals surface area (Å²) in [4.78, 5) is 27.8. The standard InChI is InChI=1S/C16H17N3O2/c1-12(19-16(21)14-7-3-2-4-8-14)15(20)18-11-13-6-5-9-17-10-13/h2-10,12H,11H2,1H3,(H,18,20)(H,19,21). The van der Waals surface area contributed by atoms with Crippen molar-refractivity contribution in [2.45, 2.75) is 19.5 Å². The molecule has 1 heterocycles. The number of rotatable bonds is 5. The predicted molar refractivity (Wildman–Crippen MR) is 79.5 cm³/mol. The van der Waals surface area contributed by atoms with E-state index in [0.717, 1.165) is 5.56 Å². The second-order valence-corrected chi connectivity index (χ2v) is 4.64. The average molecular weight is 283 g/mol. The summed E-state index contributed by atoms with van der Waals surface area (Å²) in [6.07, 6.45) is 3.36. The van der Waals surface area contributed by atoms with E-state index in [2.05, 4.69) is 15.6 Å². The van der Waals surface area contributed by atoms with Crippen LogP contribution < -0.4 is 10.6 Å². The first-order valence-electron chi connectivity index (χ1n) is 6.69. The van der Waals surface area contributed by atoms with Crippen molar-refractivity contribution in [2.75, 3.05) is 0 Å². The van der Waals surface area contributed by atoms with Gasteiger partial charge >= 0.3 is 0 Å². The van der Waals surface area contributed by atoms with Crippen molar-refractivity contribution >= 4 is 11.8 Å². The SMILES string of the molecule is CC(NC(=O)c1ccccc1)C(=O)NCc1cccnc1. The van der Waals surface area contributed by atoms with Crippen LogP contribution in [-0.2, 0) is 11.3 Å². The molecule has 0 saturated heterocycles. The topological polar surface area (TPSA) is 71.1 Å². The Hall–Kier alpha value is -2.69. The Balaban J connectivity index is 1.84. The number of carbonyl (C=O) groups is 2. The van der Waals surface area contributed by atoms with Gasteiger partial charge in [-0.25, -0.2) is 0 Å². The van der Waals surface area contributed by atoms with E-state index < -0.39 is 6.04 Å². The fraction of sp³-hybridized carbons (Fsp3) is 0.188. The van der Waals surface area contributed by atoms with Gasteiger partial charge in [-0.2, -0.15) is 0 Å². The monoisotopic (exact) mass is 283 g/mol. The molecule has 0 aliphatic rings. The number of benzene rings is 1. The molecule has 2 rings (SSSR count). The van der Waals surface area contributed by atoms with Crippen molar-refractivity contribution in [1.29, 1.82) is 0 Å². The fourth-order valence-corrected chi connectivity index (χ4v) is 1.78. The molecule has 5 heteroatoms. The molecule has 1 unspecified atom stereocenters. The van der Waals surface area contributed by atoms with Gasteiger partial charge in [0.25, 0.3) is 5.91 Å². The highest BCUT2D eigenvalue weighted by atomic mass is 16.2. The number of hydrogen-bond acceptors (Lipinski definition) is 3. The van der Waals surface area contributed by atoms with Gasteiger partial charge < -0.3 is 10.6 Å². The van der Waals surface area contributed by atoms with Crippen LogP contribution >= 0.6 is 0 Å². The quantitative estimate of drug-likeness (QED) is 0.874. The summed E-state index contributed by atoms with van der Waals surface area (Å²) in [5.41, 5.74) is 1.44. The first-order valence-corrected chi connectivity index (χ1v) is 6.69. The molecule has 1 aromatic heterocycles. The summed E-state index contributed by atoms with van der Waals surface area (Å²) in [5, 5.41) is 5.43. The minimum Gasteiger partial charge on any atom is -0.350 e. The lowest BCUT2D eigenvalue weighted by Crippen LogP contribution is -2.44. The Morgan fingerprint density at radius 2 is 1.90 bits per heavy atom. The highest BCUT2D eigenvalue weighted by molar-refractivity contribution is 5.97. The second kappa shape index (κ2) is 7.19. The molecular weight excluding hydrogens is 266 g/mol. The van der Waals surface area contributed by atoms with Crippen LogP contribution in [0.3, 0.4) is 0 Å². The van der Waals surface area contributed by atoms with E-state index in [9.17, 15) is 9.59 Å². The maximum absolute atomic E-state index is 11.9. The van der Waals surface area contributed by atoms with Crippen molar-refractivity contribution in [2.24, 2.45) is 0 Å². The molecule has 0 bridgehead atoms. The van der Waals surface area contributed by atoms with E-state index >= 15 is 0 Å². The van der Waals surface area contributed by atoms with Gasteiger partial charge in [-0.1, -0.05) is 24.3 Å². The Morgan fingerprint density at radius 1 is 1.14 bits per heavy atom. The molecule has 0 fully saturated rings. The molecule has 0 aliphatic heterocycles. The summed E-state index contributed by atoms with van der Waals surface area (Å²) in [6, 6.07) is 11.9. The van der Waals surface area contributed by atoms with E-state index in [-0.39, 0.29) is 11.8 Å². The van der Waals surface area contributed by atoms with E-state index in [4.69, 9.17) is 0 Å². The molecule has 0 radical (unpaired) electrons. The smallest absolute Gasteiger partial charge is 0.251 e. The molecule has 5 nitrogen and oxygen atoms in total. The first kappa shape index (κ1) is 14.7. The van der Waals surface area contributed by atoms with Gasteiger partial charge in [0.1, 0.15) is 6.04 Å². The van der Waals surface area contributed by atoms with Gasteiger partial charge in [0.05, 0.1) is 0 Å². The lowest BCUT2D eigenvalue weighted by atomic mass is 10.2. The highest BCUT2D eigenvalue weighted by Gasteiger charge is 2.15. The molecule has 2 aromatic rings. The maximum atomic E-state index is 11.9. The van der Waals surface area contributed by atoms with Crippen LogP contribution in [0, 0.1) is 0 Å². The van der Waals surface area contributed by atoms with Crippen LogP contribution in [0.15, 0.2) is 54.9 Å². The van der Waals surface area contributed by atoms with Gasteiger partial charge in [-0.3, -0.25) is 14.6 Å². The van der Waals surface area contributed by atoms with Crippen molar-refractivity contribution < 1.29 is 9.59 Å². The largest absolute Gasteiger partial charge is 0.350 e. The summed E-state index contributed by atoms with van der Waals surface area (Å²) in [6.45, 7) is 2.04. The molecule has 2 N–H and O–H groups in total. The van der Waals surface area contributed by atoms with Gasteiger partial charge in [0.15, 0.2) is 0 Å². The molecule has 108 valence electrons. The van der Waals surface area contributed by atoms with Crippen molar-refractivity contribution in [3.8, 4) is 0 Å². The van der Waals surface area contributed by atoms with Gasteiger partial charge in [0, 0.05) is 24.5 Å². The van der Waals surface area contributed by atoms with E-state index in [1.54, 1.807) is 43.6 Å². The minimum atomic E-state index is -0.602. The van der Waals surface area contributed by atoms with Crippen LogP contribution in [0.25, 0.3) is 0 Å². The lowest BCUT2D eigenvalue weighted by molar-refractivity contribution is -0.122. The zero-order chi connectivity index (χ0) is 15.1. The lowest BCUT2D eigenvalue weighted by Gasteiger charge is -2.14. The molecule has 2 amide bonds. The summed E-state index contributed by atoms with van der Waals surface area (Å²) in [7, 11) is 0. The van der Waals surface area contributed by atoms with Crippen LogP contribution in [0.2, 0.25) is 0 Å². The first-order chi connectivity index (χ1) is 10.2. The number of aromatic nitrogens is 1. The van der Waals surface area contributed by atoms with Crippen LogP contribution in [-0.4, -0.2) is 22.8 Å². The Morgan fingerprint density at radius 3 is 2.57 bits per heavy atom. The molecular formula is C16H17N3O2. The van der Waals surface area contributed by atoms with E-state index in [1.807, 2.05) is 18.2 Å². The van der Waals surface area contributed by atoms with Crippen molar-refractivity contribution in [3.63, 3.8) is 0 Å². The van der Waals surface area contributed by atoms with E-state index in [1.165, 1.54) is 0 Å². The second-order valence-electron chi connectivity index (χ2n) is 4.64. The third-order valence-corrected chi connectivity index (χ3v) is 2.97. The highest BCUT2D eigenvalue weighted by Crippen LogP contribution is 1.99. The van der Waals surface area contributed by atoms with Gasteiger partial charge in [0.2, 0.25) is 5.91 Å². The Labute approximate surface area is 123 Å². The molecule has 0 aliphatic carbocycles. The molecule has 0 saturated carbocycles. The Bertz CT molecular complexity index is 599. The number of pyridine rings is 1. The van der Waals surface area contributed by atoms with Gasteiger partial charge in [-0.05, 0) is 30.7 Å². The molecule has 0 spiro atoms. The maximum Gasteiger partial charge on any atom is 0.251 e. The zero-order valence-corrected chi connectivity index (χ0v) is 11.7. The van der Waals surface area contributed by atoms with Crippen LogP contribution in [0.5, 0.6) is 0 Å². The number of carbonyl (C=O) groups excluding carboxylic acids is 2. The number of hydrogen-bond donors (Lipinski definition) is 2. The van der Waals surface area contributed by atoms with Gasteiger partial charge in [-0.15, -0.1) is 0 Å². The molecule has 1 aromatic carbocycles. The van der Waals surface area contributed by atoms with Crippen LogP contribution in [0.1, 0.15) is 22.8 Å². The predicted octanol–water partition coefficient (Wildman–Crippen LogP) is 1.52. The number of nitrogens with zero attached hydrogens (tertiary/aromatic N) is 1. The van der Waals surface area contributed by atoms with Crippen molar-refractivity contribution in [1.82, 2.24) is 15.6 Å². The van der Waals surface area contributed by atoms with Crippen molar-refractivity contribution in [3.05, 3.63) is 66.0 Å². The molecule has 21 heavy (non-hydrogen) atoms. The molecule has 1 atom stereocenters. The fourth-order valence-electron chi connectivity index (χ4n) is 1.78. The third-order valence-electron chi connectivity index (χ3n) is 2.97. The number of nitrogens with one attached hydrogen (secondary N) is 2. The summed E-state index contributed by atoms with van der Waals surface area (Å²) < 4.78 is 0. The minimum absolute atomic E-state index is 0.233. The summed E-state index contributed by atoms with van der Waals surface area (Å²) >= 11 is 0. The summed E-state index contributed by atoms with van der Waals surface area (Å²) in [5.74, 6) is -0.497. The van der Waals surface area contributed by atoms with Crippen LogP contribution in [0.4, 0.5) is 0 Å². The normalized spacial score (nSPS) is 11.5. The Kier molecular flexibility index (Phi) is 5.04.